The number of hydrogen-bond acceptors (Lipinski definition) is 2. The number of fused-ring (bicyclic) bond motifs is 1. The molecule has 0 aliphatic carbocycles. The molecule has 0 spiro atoms. The Labute approximate surface area is 108 Å². The van der Waals surface area contributed by atoms with Gasteiger partial charge in [0, 0.05) is 17.6 Å². The van der Waals surface area contributed by atoms with Crippen LogP contribution in [0, 0.1) is 11.6 Å². The molecule has 2 aromatic carbocycles. The van der Waals surface area contributed by atoms with Gasteiger partial charge in [-0.15, -0.1) is 0 Å². The summed E-state index contributed by atoms with van der Waals surface area (Å²) in [7, 11) is 0. The summed E-state index contributed by atoms with van der Waals surface area (Å²) < 4.78 is 26.7. The molecule has 0 saturated heterocycles. The number of hydrogen-bond donors (Lipinski definition) is 1. The highest BCUT2D eigenvalue weighted by atomic mass is 19.1. The molecule has 19 heavy (non-hydrogen) atoms. The number of nitrogens with one attached hydrogen (secondary N) is 1. The molecule has 94 valence electrons. The third-order valence-electron chi connectivity index (χ3n) is 2.83. The summed E-state index contributed by atoms with van der Waals surface area (Å²) in [5.41, 5.74) is 1.45. The van der Waals surface area contributed by atoms with Crippen molar-refractivity contribution in [1.82, 2.24) is 4.98 Å². The Balaban J connectivity index is 2.08. The van der Waals surface area contributed by atoms with Crippen LogP contribution in [0.5, 0.6) is 0 Å². The average Bonchev–Trinajstić information content (AvgIpc) is 2.43. The van der Waals surface area contributed by atoms with Crippen LogP contribution in [0.1, 0.15) is 0 Å². The van der Waals surface area contributed by atoms with Crippen LogP contribution in [0.4, 0.5) is 20.2 Å². The van der Waals surface area contributed by atoms with Crippen LogP contribution in [0.15, 0.2) is 54.7 Å². The van der Waals surface area contributed by atoms with Crippen LogP contribution in [0.2, 0.25) is 0 Å². The highest BCUT2D eigenvalue weighted by molar-refractivity contribution is 5.91. The number of benzene rings is 2. The lowest BCUT2D eigenvalue weighted by Gasteiger charge is -2.09. The first-order valence-corrected chi connectivity index (χ1v) is 5.80. The second-order valence-corrected chi connectivity index (χ2v) is 4.13. The van der Waals surface area contributed by atoms with Crippen LogP contribution in [0.25, 0.3) is 10.9 Å². The molecule has 0 amide bonds. The lowest BCUT2D eigenvalue weighted by molar-refractivity contribution is 0.603. The SMILES string of the molecule is Fc1ccc(F)c(Nc2cccc3cccnc23)c1. The first-order chi connectivity index (χ1) is 9.24. The summed E-state index contributed by atoms with van der Waals surface area (Å²) in [4.78, 5) is 4.25. The summed E-state index contributed by atoms with van der Waals surface area (Å²) in [5.74, 6) is -0.994. The largest absolute Gasteiger partial charge is 0.351 e. The van der Waals surface area contributed by atoms with Gasteiger partial charge in [0.15, 0.2) is 0 Å². The van der Waals surface area contributed by atoms with E-state index in [-0.39, 0.29) is 5.69 Å². The van der Waals surface area contributed by atoms with E-state index in [9.17, 15) is 8.78 Å². The van der Waals surface area contributed by atoms with Crippen LogP contribution in [-0.2, 0) is 0 Å². The zero-order chi connectivity index (χ0) is 13.2. The Kier molecular flexibility index (Phi) is 2.83. The Morgan fingerprint density at radius 2 is 1.74 bits per heavy atom. The van der Waals surface area contributed by atoms with E-state index in [0.29, 0.717) is 11.2 Å². The monoisotopic (exact) mass is 256 g/mol. The molecule has 0 aliphatic rings. The minimum atomic E-state index is -0.505. The quantitative estimate of drug-likeness (QED) is 0.741. The molecule has 1 aromatic heterocycles. The molecule has 1 heterocycles. The molecule has 3 rings (SSSR count). The van der Waals surface area contributed by atoms with Gasteiger partial charge < -0.3 is 5.32 Å². The molecule has 4 heteroatoms. The van der Waals surface area contributed by atoms with Gasteiger partial charge in [-0.3, -0.25) is 4.98 Å². The van der Waals surface area contributed by atoms with Crippen molar-refractivity contribution in [3.8, 4) is 0 Å². The molecule has 0 aliphatic heterocycles. The van der Waals surface area contributed by atoms with Crippen LogP contribution in [0.3, 0.4) is 0 Å². The fourth-order valence-corrected chi connectivity index (χ4v) is 1.94. The van der Waals surface area contributed by atoms with Crippen molar-refractivity contribution < 1.29 is 8.78 Å². The molecule has 0 atom stereocenters. The summed E-state index contributed by atoms with van der Waals surface area (Å²) in [6.07, 6.45) is 1.66. The van der Waals surface area contributed by atoms with Crippen LogP contribution < -0.4 is 5.32 Å². The fraction of sp³-hybridized carbons (Fsp3) is 0. The normalized spacial score (nSPS) is 10.6. The van der Waals surface area contributed by atoms with Gasteiger partial charge in [0.25, 0.3) is 0 Å². The van der Waals surface area contributed by atoms with E-state index >= 15 is 0 Å². The van der Waals surface area contributed by atoms with E-state index < -0.39 is 11.6 Å². The van der Waals surface area contributed by atoms with Crippen molar-refractivity contribution in [3.05, 3.63) is 66.4 Å². The third kappa shape index (κ3) is 2.25. The smallest absolute Gasteiger partial charge is 0.146 e. The first-order valence-electron chi connectivity index (χ1n) is 5.80. The molecular formula is C15H10F2N2. The van der Waals surface area contributed by atoms with E-state index in [4.69, 9.17) is 0 Å². The van der Waals surface area contributed by atoms with Gasteiger partial charge in [-0.05, 0) is 24.3 Å². The van der Waals surface area contributed by atoms with Crippen LogP contribution in [-0.4, -0.2) is 4.98 Å². The van der Waals surface area contributed by atoms with Gasteiger partial charge in [-0.1, -0.05) is 18.2 Å². The highest BCUT2D eigenvalue weighted by Gasteiger charge is 2.07. The van der Waals surface area contributed by atoms with Gasteiger partial charge in [0.2, 0.25) is 0 Å². The Bertz CT molecular complexity index is 736. The molecule has 1 N–H and O–H groups in total. The minimum Gasteiger partial charge on any atom is -0.351 e. The topological polar surface area (TPSA) is 24.9 Å². The molecule has 3 aromatic rings. The Morgan fingerprint density at radius 1 is 0.895 bits per heavy atom. The predicted molar refractivity (Wildman–Crippen MR) is 71.4 cm³/mol. The number of nitrogens with zero attached hydrogens (tertiary/aromatic N) is 1. The molecule has 0 bridgehead atoms. The summed E-state index contributed by atoms with van der Waals surface area (Å²) in [5, 5.41) is 3.81. The lowest BCUT2D eigenvalue weighted by Crippen LogP contribution is -1.96. The van der Waals surface area contributed by atoms with Crippen molar-refractivity contribution in [2.45, 2.75) is 0 Å². The standard InChI is InChI=1S/C15H10F2N2/c16-11-6-7-12(17)14(9-11)19-13-5-1-3-10-4-2-8-18-15(10)13/h1-9,19H. The van der Waals surface area contributed by atoms with Gasteiger partial charge >= 0.3 is 0 Å². The molecule has 2 nitrogen and oxygen atoms in total. The van der Waals surface area contributed by atoms with Crippen molar-refractivity contribution in [3.63, 3.8) is 0 Å². The summed E-state index contributed by atoms with van der Waals surface area (Å²) in [6.45, 7) is 0. The maximum absolute atomic E-state index is 13.6. The number of rotatable bonds is 2. The maximum atomic E-state index is 13.6. The zero-order valence-electron chi connectivity index (χ0n) is 9.90. The van der Waals surface area contributed by atoms with E-state index in [1.165, 1.54) is 0 Å². The van der Waals surface area contributed by atoms with Gasteiger partial charge in [-0.25, -0.2) is 8.78 Å². The molecular weight excluding hydrogens is 246 g/mol. The lowest BCUT2D eigenvalue weighted by atomic mass is 10.2. The Hall–Kier alpha value is -2.49. The number of aromatic nitrogens is 1. The average molecular weight is 256 g/mol. The summed E-state index contributed by atoms with van der Waals surface area (Å²) in [6, 6.07) is 12.6. The fourth-order valence-electron chi connectivity index (χ4n) is 1.94. The van der Waals surface area contributed by atoms with Crippen molar-refractivity contribution in [2.24, 2.45) is 0 Å². The van der Waals surface area contributed by atoms with Gasteiger partial charge in [0.05, 0.1) is 16.9 Å². The molecule has 0 radical (unpaired) electrons. The van der Waals surface area contributed by atoms with E-state index in [0.717, 1.165) is 23.6 Å². The second-order valence-electron chi connectivity index (χ2n) is 4.13. The van der Waals surface area contributed by atoms with Crippen LogP contribution >= 0.6 is 0 Å². The second kappa shape index (κ2) is 4.65. The predicted octanol–water partition coefficient (Wildman–Crippen LogP) is 4.26. The number of halogens is 2. The van der Waals surface area contributed by atoms with E-state index in [1.807, 2.05) is 24.3 Å². The minimum absolute atomic E-state index is 0.0955. The number of pyridine rings is 1. The summed E-state index contributed by atoms with van der Waals surface area (Å²) >= 11 is 0. The van der Waals surface area contributed by atoms with Crippen molar-refractivity contribution >= 4 is 22.3 Å². The van der Waals surface area contributed by atoms with Gasteiger partial charge in [0.1, 0.15) is 11.6 Å². The number of para-hydroxylation sites is 1. The van der Waals surface area contributed by atoms with Crippen molar-refractivity contribution in [1.29, 1.82) is 0 Å². The first kappa shape index (κ1) is 11.6. The maximum Gasteiger partial charge on any atom is 0.146 e. The molecule has 0 saturated carbocycles. The zero-order valence-corrected chi connectivity index (χ0v) is 9.90. The van der Waals surface area contributed by atoms with Gasteiger partial charge in [-0.2, -0.15) is 0 Å². The van der Waals surface area contributed by atoms with E-state index in [1.54, 1.807) is 12.3 Å². The Morgan fingerprint density at radius 3 is 2.63 bits per heavy atom. The third-order valence-corrected chi connectivity index (χ3v) is 2.83. The molecule has 0 unspecified atom stereocenters. The highest BCUT2D eigenvalue weighted by Crippen LogP contribution is 2.26. The van der Waals surface area contributed by atoms with Crippen molar-refractivity contribution in [2.75, 3.05) is 5.32 Å². The van der Waals surface area contributed by atoms with E-state index in [2.05, 4.69) is 10.3 Å². The molecule has 0 fully saturated rings. The number of anilines is 2.